The van der Waals surface area contributed by atoms with Gasteiger partial charge >= 0.3 is 0 Å². The molecule has 2 N–H and O–H groups in total. The molecular formula is C10H22N2O. The van der Waals surface area contributed by atoms with Crippen LogP contribution in [0.4, 0.5) is 0 Å². The summed E-state index contributed by atoms with van der Waals surface area (Å²) in [6.45, 7) is 11.4. The summed E-state index contributed by atoms with van der Waals surface area (Å²) < 4.78 is 5.80. The molecule has 1 rings (SSSR count). The Balaban J connectivity index is 2.48. The van der Waals surface area contributed by atoms with E-state index in [4.69, 9.17) is 10.5 Å². The molecule has 0 bridgehead atoms. The molecule has 0 aromatic carbocycles. The van der Waals surface area contributed by atoms with Crippen LogP contribution in [0.3, 0.4) is 0 Å². The van der Waals surface area contributed by atoms with Gasteiger partial charge in [-0.3, -0.25) is 4.90 Å². The van der Waals surface area contributed by atoms with Crippen LogP contribution in [0.25, 0.3) is 0 Å². The van der Waals surface area contributed by atoms with E-state index in [1.54, 1.807) is 0 Å². The van der Waals surface area contributed by atoms with E-state index in [9.17, 15) is 0 Å². The third-order valence-electron chi connectivity index (χ3n) is 2.19. The quantitative estimate of drug-likeness (QED) is 0.694. The minimum atomic E-state index is -0.0213. The molecule has 13 heavy (non-hydrogen) atoms. The van der Waals surface area contributed by atoms with Crippen LogP contribution in [0.5, 0.6) is 0 Å². The van der Waals surface area contributed by atoms with Crippen molar-refractivity contribution >= 4 is 0 Å². The van der Waals surface area contributed by atoms with Gasteiger partial charge in [-0.15, -0.1) is 0 Å². The van der Waals surface area contributed by atoms with Crippen LogP contribution in [0.2, 0.25) is 0 Å². The zero-order valence-corrected chi connectivity index (χ0v) is 9.21. The van der Waals surface area contributed by atoms with Gasteiger partial charge in [0, 0.05) is 25.7 Å². The Morgan fingerprint density at radius 1 is 1.62 bits per heavy atom. The molecule has 2 unspecified atom stereocenters. The van der Waals surface area contributed by atoms with Crippen molar-refractivity contribution in [3.63, 3.8) is 0 Å². The van der Waals surface area contributed by atoms with E-state index in [2.05, 4.69) is 25.7 Å². The Morgan fingerprint density at radius 3 is 2.69 bits per heavy atom. The molecule has 78 valence electrons. The first-order valence-corrected chi connectivity index (χ1v) is 5.05. The van der Waals surface area contributed by atoms with Crippen molar-refractivity contribution < 1.29 is 4.74 Å². The fraction of sp³-hybridized carbons (Fsp3) is 1.00. The highest BCUT2D eigenvalue weighted by Crippen LogP contribution is 2.20. The molecular weight excluding hydrogens is 164 g/mol. The minimum absolute atomic E-state index is 0.0213. The molecule has 0 aliphatic carbocycles. The fourth-order valence-electron chi connectivity index (χ4n) is 2.13. The van der Waals surface area contributed by atoms with E-state index in [1.165, 1.54) is 0 Å². The predicted molar refractivity (Wildman–Crippen MR) is 54.7 cm³/mol. The monoisotopic (exact) mass is 186 g/mol. The lowest BCUT2D eigenvalue weighted by atomic mass is 10.1. The molecule has 0 amide bonds. The molecule has 2 atom stereocenters. The molecule has 3 heteroatoms. The topological polar surface area (TPSA) is 38.5 Å². The maximum absolute atomic E-state index is 5.80. The van der Waals surface area contributed by atoms with Gasteiger partial charge in [0.25, 0.3) is 0 Å². The summed E-state index contributed by atoms with van der Waals surface area (Å²) in [6.07, 6.45) is 0.322. The number of nitrogens with zero attached hydrogens (tertiary/aromatic N) is 1. The molecule has 0 aromatic rings. The number of ether oxygens (including phenoxy) is 1. The largest absolute Gasteiger partial charge is 0.370 e. The maximum atomic E-state index is 5.80. The summed E-state index contributed by atoms with van der Waals surface area (Å²) in [5, 5.41) is 0. The van der Waals surface area contributed by atoms with Crippen LogP contribution in [-0.4, -0.2) is 42.3 Å². The standard InChI is InChI=1S/C10H22N2O/c1-8(11)5-12-6-9(2)13-10(3,4)7-12/h8-9H,5-7,11H2,1-4H3. The van der Waals surface area contributed by atoms with Gasteiger partial charge < -0.3 is 10.5 Å². The van der Waals surface area contributed by atoms with Crippen LogP contribution in [0.15, 0.2) is 0 Å². The van der Waals surface area contributed by atoms with Crippen LogP contribution >= 0.6 is 0 Å². The van der Waals surface area contributed by atoms with Gasteiger partial charge in [0.05, 0.1) is 11.7 Å². The van der Waals surface area contributed by atoms with Crippen molar-refractivity contribution in [1.82, 2.24) is 4.90 Å². The van der Waals surface area contributed by atoms with Crippen molar-refractivity contribution in [3.05, 3.63) is 0 Å². The first-order valence-electron chi connectivity index (χ1n) is 5.05. The van der Waals surface area contributed by atoms with Crippen molar-refractivity contribution in [1.29, 1.82) is 0 Å². The summed E-state index contributed by atoms with van der Waals surface area (Å²) in [5.74, 6) is 0. The molecule has 0 radical (unpaired) electrons. The van der Waals surface area contributed by atoms with Crippen molar-refractivity contribution in [2.75, 3.05) is 19.6 Å². The van der Waals surface area contributed by atoms with E-state index in [0.717, 1.165) is 19.6 Å². The average Bonchev–Trinajstić information content (AvgIpc) is 1.78. The molecule has 1 fully saturated rings. The third kappa shape index (κ3) is 3.63. The summed E-state index contributed by atoms with van der Waals surface area (Å²) in [6, 6.07) is 0.251. The first kappa shape index (κ1) is 11.0. The van der Waals surface area contributed by atoms with E-state index in [1.807, 2.05) is 6.92 Å². The van der Waals surface area contributed by atoms with Crippen LogP contribution < -0.4 is 5.73 Å². The first-order chi connectivity index (χ1) is 5.89. The van der Waals surface area contributed by atoms with E-state index in [0.29, 0.717) is 6.10 Å². The highest BCUT2D eigenvalue weighted by Gasteiger charge is 2.31. The number of hydrogen-bond acceptors (Lipinski definition) is 3. The Labute approximate surface area is 81.2 Å². The number of nitrogens with two attached hydrogens (primary N) is 1. The maximum Gasteiger partial charge on any atom is 0.0757 e. The molecule has 0 spiro atoms. The molecule has 1 aliphatic rings. The average molecular weight is 186 g/mol. The second kappa shape index (κ2) is 3.95. The summed E-state index contributed by atoms with van der Waals surface area (Å²) in [5.41, 5.74) is 5.75. The van der Waals surface area contributed by atoms with Gasteiger partial charge in [0.1, 0.15) is 0 Å². The van der Waals surface area contributed by atoms with E-state index >= 15 is 0 Å². The van der Waals surface area contributed by atoms with Crippen molar-refractivity contribution in [2.45, 2.75) is 45.4 Å². The molecule has 0 saturated carbocycles. The van der Waals surface area contributed by atoms with Gasteiger partial charge in [0.2, 0.25) is 0 Å². The number of morpholine rings is 1. The van der Waals surface area contributed by atoms with Crippen LogP contribution in [0, 0.1) is 0 Å². The van der Waals surface area contributed by atoms with Gasteiger partial charge in [-0.1, -0.05) is 0 Å². The second-order valence-corrected chi connectivity index (χ2v) is 4.86. The highest BCUT2D eigenvalue weighted by molar-refractivity contribution is 4.83. The Hall–Kier alpha value is -0.120. The Bertz CT molecular complexity index is 166. The van der Waals surface area contributed by atoms with Crippen LogP contribution in [-0.2, 0) is 4.74 Å². The molecule has 1 aliphatic heterocycles. The Kier molecular flexibility index (Phi) is 3.33. The van der Waals surface area contributed by atoms with E-state index in [-0.39, 0.29) is 11.6 Å². The molecule has 0 aromatic heterocycles. The summed E-state index contributed by atoms with van der Waals surface area (Å²) in [4.78, 5) is 2.39. The van der Waals surface area contributed by atoms with Crippen molar-refractivity contribution in [2.24, 2.45) is 5.73 Å². The second-order valence-electron chi connectivity index (χ2n) is 4.86. The number of hydrogen-bond donors (Lipinski definition) is 1. The normalized spacial score (nSPS) is 31.6. The lowest BCUT2D eigenvalue weighted by Crippen LogP contribution is -2.54. The number of rotatable bonds is 2. The lowest BCUT2D eigenvalue weighted by Gasteiger charge is -2.42. The SMILES string of the molecule is CC(N)CN1CC(C)OC(C)(C)C1. The smallest absolute Gasteiger partial charge is 0.0757 e. The van der Waals surface area contributed by atoms with Gasteiger partial charge in [-0.2, -0.15) is 0 Å². The molecule has 1 heterocycles. The Morgan fingerprint density at radius 2 is 2.23 bits per heavy atom. The van der Waals surface area contributed by atoms with E-state index < -0.39 is 0 Å². The summed E-state index contributed by atoms with van der Waals surface area (Å²) in [7, 11) is 0. The van der Waals surface area contributed by atoms with Gasteiger partial charge in [0.15, 0.2) is 0 Å². The minimum Gasteiger partial charge on any atom is -0.370 e. The lowest BCUT2D eigenvalue weighted by molar-refractivity contribution is -0.129. The molecule has 1 saturated heterocycles. The van der Waals surface area contributed by atoms with Crippen LogP contribution in [0.1, 0.15) is 27.7 Å². The zero-order valence-electron chi connectivity index (χ0n) is 9.21. The van der Waals surface area contributed by atoms with Gasteiger partial charge in [-0.25, -0.2) is 0 Å². The predicted octanol–water partition coefficient (Wildman–Crippen LogP) is 0.833. The zero-order chi connectivity index (χ0) is 10.1. The van der Waals surface area contributed by atoms with Crippen molar-refractivity contribution in [3.8, 4) is 0 Å². The third-order valence-corrected chi connectivity index (χ3v) is 2.19. The molecule has 3 nitrogen and oxygen atoms in total. The highest BCUT2D eigenvalue weighted by atomic mass is 16.5. The summed E-state index contributed by atoms with van der Waals surface area (Å²) >= 11 is 0. The van der Waals surface area contributed by atoms with Gasteiger partial charge in [-0.05, 0) is 27.7 Å². The fourth-order valence-corrected chi connectivity index (χ4v) is 2.13.